The highest BCUT2D eigenvalue weighted by Crippen LogP contribution is 2.25. The predicted octanol–water partition coefficient (Wildman–Crippen LogP) is 1.28. The van der Waals surface area contributed by atoms with Crippen molar-refractivity contribution in [2.75, 3.05) is 13.7 Å². The van der Waals surface area contributed by atoms with Crippen LogP contribution in [0.2, 0.25) is 0 Å². The highest BCUT2D eigenvalue weighted by molar-refractivity contribution is 6.00. The van der Waals surface area contributed by atoms with E-state index in [1.54, 1.807) is 6.92 Å². The largest absolute Gasteiger partial charge is 0.496 e. The maximum absolute atomic E-state index is 13.1. The van der Waals surface area contributed by atoms with Gasteiger partial charge in [-0.25, -0.2) is 4.39 Å². The minimum absolute atomic E-state index is 0.110. The van der Waals surface area contributed by atoms with Crippen molar-refractivity contribution in [3.8, 4) is 5.75 Å². The van der Waals surface area contributed by atoms with Crippen LogP contribution < -0.4 is 10.5 Å². The smallest absolute Gasteiger partial charge is 0.180 e. The first-order chi connectivity index (χ1) is 6.61. The number of ketones is 1. The van der Waals surface area contributed by atoms with Crippen molar-refractivity contribution in [2.24, 2.45) is 5.73 Å². The second-order valence-corrected chi connectivity index (χ2v) is 2.88. The van der Waals surface area contributed by atoms with Crippen LogP contribution in [0.3, 0.4) is 0 Å². The number of carbonyl (C=O) groups is 1. The van der Waals surface area contributed by atoms with Gasteiger partial charge in [0.15, 0.2) is 5.78 Å². The quantitative estimate of drug-likeness (QED) is 0.743. The summed E-state index contributed by atoms with van der Waals surface area (Å²) in [5.41, 5.74) is 5.87. The molecule has 0 fully saturated rings. The Morgan fingerprint density at radius 2 is 2.21 bits per heavy atom. The number of carbonyl (C=O) groups excluding carboxylic acids is 1. The number of benzene rings is 1. The Kier molecular flexibility index (Phi) is 3.19. The number of ether oxygens (including phenoxy) is 1. The van der Waals surface area contributed by atoms with Crippen LogP contribution in [0.5, 0.6) is 5.75 Å². The maximum atomic E-state index is 13.1. The van der Waals surface area contributed by atoms with E-state index >= 15 is 0 Å². The monoisotopic (exact) mass is 197 g/mol. The number of methoxy groups -OCH3 is 1. The van der Waals surface area contributed by atoms with Crippen LogP contribution in [-0.2, 0) is 0 Å². The first-order valence-corrected chi connectivity index (χ1v) is 4.18. The molecule has 0 heterocycles. The van der Waals surface area contributed by atoms with Gasteiger partial charge in [0.2, 0.25) is 0 Å². The van der Waals surface area contributed by atoms with Gasteiger partial charge >= 0.3 is 0 Å². The lowest BCUT2D eigenvalue weighted by molar-refractivity contribution is 0.0998. The number of hydrogen-bond donors (Lipinski definition) is 1. The molecule has 2 N–H and O–H groups in total. The Morgan fingerprint density at radius 3 is 2.71 bits per heavy atom. The van der Waals surface area contributed by atoms with Gasteiger partial charge < -0.3 is 10.5 Å². The van der Waals surface area contributed by atoms with E-state index in [2.05, 4.69) is 0 Å². The molecule has 0 aromatic heterocycles. The third-order valence-electron chi connectivity index (χ3n) is 2.03. The molecule has 0 saturated heterocycles. The summed E-state index contributed by atoms with van der Waals surface area (Å²) in [4.78, 5) is 11.3. The zero-order valence-electron chi connectivity index (χ0n) is 8.13. The molecule has 0 amide bonds. The lowest BCUT2D eigenvalue weighted by Gasteiger charge is -2.10. The van der Waals surface area contributed by atoms with Gasteiger partial charge in [-0.1, -0.05) is 0 Å². The highest BCUT2D eigenvalue weighted by Gasteiger charge is 2.15. The highest BCUT2D eigenvalue weighted by atomic mass is 19.1. The second-order valence-electron chi connectivity index (χ2n) is 2.88. The summed E-state index contributed by atoms with van der Waals surface area (Å²) >= 11 is 0. The molecule has 1 rings (SSSR count). The first-order valence-electron chi connectivity index (χ1n) is 4.18. The fourth-order valence-electron chi connectivity index (χ4n) is 1.26. The van der Waals surface area contributed by atoms with Crippen molar-refractivity contribution >= 4 is 5.78 Å². The van der Waals surface area contributed by atoms with Crippen molar-refractivity contribution in [1.29, 1.82) is 0 Å². The Balaban J connectivity index is 3.31. The van der Waals surface area contributed by atoms with Gasteiger partial charge in [-0.3, -0.25) is 4.79 Å². The number of rotatable bonds is 3. The van der Waals surface area contributed by atoms with E-state index in [4.69, 9.17) is 10.5 Å². The molecular weight excluding hydrogens is 185 g/mol. The zero-order valence-corrected chi connectivity index (χ0v) is 8.13. The minimum atomic E-state index is -0.393. The van der Waals surface area contributed by atoms with E-state index < -0.39 is 5.82 Å². The molecule has 1 aromatic carbocycles. The Bertz CT molecular complexity index is 363. The third-order valence-corrected chi connectivity index (χ3v) is 2.03. The minimum Gasteiger partial charge on any atom is -0.496 e. The topological polar surface area (TPSA) is 52.3 Å². The van der Waals surface area contributed by atoms with Crippen molar-refractivity contribution < 1.29 is 13.9 Å². The van der Waals surface area contributed by atoms with Gasteiger partial charge in [0.1, 0.15) is 11.6 Å². The Hall–Kier alpha value is -1.42. The van der Waals surface area contributed by atoms with Crippen molar-refractivity contribution in [2.45, 2.75) is 6.92 Å². The van der Waals surface area contributed by atoms with E-state index in [1.165, 1.54) is 19.2 Å². The lowest BCUT2D eigenvalue weighted by Crippen LogP contribution is -2.15. The molecule has 0 aliphatic heterocycles. The molecule has 0 bridgehead atoms. The van der Waals surface area contributed by atoms with Crippen LogP contribution in [0.4, 0.5) is 4.39 Å². The molecule has 0 unspecified atom stereocenters. The van der Waals surface area contributed by atoms with Gasteiger partial charge in [-0.15, -0.1) is 0 Å². The van der Waals surface area contributed by atoms with Crippen LogP contribution in [0, 0.1) is 12.7 Å². The van der Waals surface area contributed by atoms with Crippen LogP contribution >= 0.6 is 0 Å². The molecule has 0 radical (unpaired) electrons. The standard InChI is InChI=1S/C10H12FNO2/c1-6-8(11)4-3-7(9(13)5-12)10(6)14-2/h3-4H,5,12H2,1-2H3. The first kappa shape index (κ1) is 10.7. The van der Waals surface area contributed by atoms with Crippen LogP contribution in [0.1, 0.15) is 15.9 Å². The molecule has 0 saturated carbocycles. The van der Waals surface area contributed by atoms with E-state index in [0.29, 0.717) is 11.1 Å². The number of hydrogen-bond acceptors (Lipinski definition) is 3. The second kappa shape index (κ2) is 4.19. The molecular formula is C10H12FNO2. The maximum Gasteiger partial charge on any atom is 0.180 e. The molecule has 4 heteroatoms. The van der Waals surface area contributed by atoms with Gasteiger partial charge in [0.05, 0.1) is 19.2 Å². The molecule has 0 spiro atoms. The zero-order chi connectivity index (χ0) is 10.7. The van der Waals surface area contributed by atoms with Gasteiger partial charge in [-0.2, -0.15) is 0 Å². The number of Topliss-reactive ketones (excluding diaryl/α,β-unsaturated/α-hetero) is 1. The number of halogens is 1. The van der Waals surface area contributed by atoms with E-state index in [-0.39, 0.29) is 18.1 Å². The fourth-order valence-corrected chi connectivity index (χ4v) is 1.26. The summed E-state index contributed by atoms with van der Waals surface area (Å²) in [5.74, 6) is -0.388. The summed E-state index contributed by atoms with van der Waals surface area (Å²) in [6.45, 7) is 1.45. The van der Waals surface area contributed by atoms with Gasteiger partial charge in [-0.05, 0) is 19.1 Å². The molecule has 76 valence electrons. The fraction of sp³-hybridized carbons (Fsp3) is 0.300. The van der Waals surface area contributed by atoms with Crippen molar-refractivity contribution in [3.05, 3.63) is 29.1 Å². The molecule has 0 aliphatic rings. The summed E-state index contributed by atoms with van der Waals surface area (Å²) in [7, 11) is 1.40. The average molecular weight is 197 g/mol. The van der Waals surface area contributed by atoms with Crippen LogP contribution in [-0.4, -0.2) is 19.4 Å². The average Bonchev–Trinajstić information content (AvgIpc) is 2.20. The van der Waals surface area contributed by atoms with E-state index in [0.717, 1.165) is 0 Å². The van der Waals surface area contributed by atoms with Crippen LogP contribution in [0.15, 0.2) is 12.1 Å². The summed E-state index contributed by atoms with van der Waals surface area (Å²) in [6.07, 6.45) is 0. The summed E-state index contributed by atoms with van der Waals surface area (Å²) in [6, 6.07) is 2.62. The SMILES string of the molecule is COc1c(C(=O)CN)ccc(F)c1C. The third kappa shape index (κ3) is 1.75. The molecule has 0 aliphatic carbocycles. The van der Waals surface area contributed by atoms with E-state index in [9.17, 15) is 9.18 Å². The molecule has 3 nitrogen and oxygen atoms in total. The lowest BCUT2D eigenvalue weighted by atomic mass is 10.1. The summed E-state index contributed by atoms with van der Waals surface area (Å²) in [5, 5.41) is 0. The Morgan fingerprint density at radius 1 is 1.57 bits per heavy atom. The van der Waals surface area contributed by atoms with Crippen LogP contribution in [0.25, 0.3) is 0 Å². The van der Waals surface area contributed by atoms with Crippen molar-refractivity contribution in [1.82, 2.24) is 0 Å². The molecule has 0 atom stereocenters. The Labute approximate surface area is 81.7 Å². The van der Waals surface area contributed by atoms with Gasteiger partial charge in [0.25, 0.3) is 0 Å². The van der Waals surface area contributed by atoms with Crippen molar-refractivity contribution in [3.63, 3.8) is 0 Å². The molecule has 1 aromatic rings. The van der Waals surface area contributed by atoms with Gasteiger partial charge in [0, 0.05) is 5.56 Å². The normalized spacial score (nSPS) is 10.0. The summed E-state index contributed by atoms with van der Waals surface area (Å²) < 4.78 is 18.1. The predicted molar refractivity (Wildman–Crippen MR) is 51.1 cm³/mol. The molecule has 14 heavy (non-hydrogen) atoms. The number of nitrogens with two attached hydrogens (primary N) is 1. The van der Waals surface area contributed by atoms with E-state index in [1.807, 2.05) is 0 Å².